The van der Waals surface area contributed by atoms with Crippen molar-refractivity contribution in [3.8, 4) is 23.0 Å². The number of nitrogens with zero attached hydrogens (tertiary/aromatic N) is 3. The van der Waals surface area contributed by atoms with Gasteiger partial charge in [0.25, 0.3) is 5.89 Å². The Hall–Kier alpha value is -1.57. The summed E-state index contributed by atoms with van der Waals surface area (Å²) < 4.78 is 6.26. The van der Waals surface area contributed by atoms with Gasteiger partial charge < -0.3 is 10.3 Å². The van der Waals surface area contributed by atoms with E-state index in [1.807, 2.05) is 36.6 Å². The van der Waals surface area contributed by atoms with E-state index in [0.717, 1.165) is 15.0 Å². The normalized spacial score (nSPS) is 12.6. The van der Waals surface area contributed by atoms with Crippen LogP contribution in [0.25, 0.3) is 23.0 Å². The van der Waals surface area contributed by atoms with Crippen LogP contribution in [-0.2, 0) is 0 Å². The molecular weight excluding hydrogens is 340 g/mol. The zero-order chi connectivity index (χ0) is 14.1. The SMILES string of the molecule is CC(N)c1nc(-c2nc(-c3ccc(Br)cc3)no2)cs1. The van der Waals surface area contributed by atoms with E-state index in [0.29, 0.717) is 17.4 Å². The fourth-order valence-electron chi connectivity index (χ4n) is 1.64. The maximum atomic E-state index is 5.79. The first kappa shape index (κ1) is 13.4. The molecule has 2 aromatic heterocycles. The van der Waals surface area contributed by atoms with Gasteiger partial charge in [-0.2, -0.15) is 4.98 Å². The van der Waals surface area contributed by atoms with Gasteiger partial charge in [0.15, 0.2) is 0 Å². The van der Waals surface area contributed by atoms with Crippen LogP contribution in [0.2, 0.25) is 0 Å². The van der Waals surface area contributed by atoms with E-state index in [2.05, 4.69) is 31.1 Å². The first-order chi connectivity index (χ1) is 9.63. The fraction of sp³-hybridized carbons (Fsp3) is 0.154. The molecule has 2 heterocycles. The van der Waals surface area contributed by atoms with Gasteiger partial charge >= 0.3 is 0 Å². The van der Waals surface area contributed by atoms with Crippen LogP contribution in [0, 0.1) is 0 Å². The molecule has 7 heteroatoms. The Morgan fingerprint density at radius 2 is 2.00 bits per heavy atom. The fourth-order valence-corrected chi connectivity index (χ4v) is 2.65. The molecule has 0 spiro atoms. The largest absolute Gasteiger partial charge is 0.332 e. The first-order valence-corrected chi connectivity index (χ1v) is 7.62. The molecule has 0 aliphatic carbocycles. The number of hydrogen-bond donors (Lipinski definition) is 1. The maximum Gasteiger partial charge on any atom is 0.277 e. The number of nitrogens with two attached hydrogens (primary N) is 1. The summed E-state index contributed by atoms with van der Waals surface area (Å²) in [5.74, 6) is 0.953. The van der Waals surface area contributed by atoms with E-state index >= 15 is 0 Å². The van der Waals surface area contributed by atoms with Crippen molar-refractivity contribution in [2.45, 2.75) is 13.0 Å². The average molecular weight is 351 g/mol. The third-order valence-electron chi connectivity index (χ3n) is 2.66. The molecule has 1 atom stereocenters. The molecule has 0 amide bonds. The van der Waals surface area contributed by atoms with Gasteiger partial charge in [-0.15, -0.1) is 11.3 Å². The van der Waals surface area contributed by atoms with E-state index in [1.165, 1.54) is 11.3 Å². The number of rotatable bonds is 3. The summed E-state index contributed by atoms with van der Waals surface area (Å²) in [6, 6.07) is 7.62. The van der Waals surface area contributed by atoms with Gasteiger partial charge in [-0.05, 0) is 31.2 Å². The number of aromatic nitrogens is 3. The van der Waals surface area contributed by atoms with Gasteiger partial charge in [0.05, 0.1) is 6.04 Å². The van der Waals surface area contributed by atoms with Crippen molar-refractivity contribution in [1.29, 1.82) is 0 Å². The molecule has 0 saturated heterocycles. The van der Waals surface area contributed by atoms with Crippen LogP contribution >= 0.6 is 27.3 Å². The van der Waals surface area contributed by atoms with E-state index in [4.69, 9.17) is 10.3 Å². The van der Waals surface area contributed by atoms with Crippen LogP contribution in [0.15, 0.2) is 38.6 Å². The average Bonchev–Trinajstić information content (AvgIpc) is 3.08. The Kier molecular flexibility index (Phi) is 3.64. The summed E-state index contributed by atoms with van der Waals surface area (Å²) in [5, 5.41) is 6.70. The van der Waals surface area contributed by atoms with Crippen LogP contribution in [-0.4, -0.2) is 15.1 Å². The monoisotopic (exact) mass is 350 g/mol. The van der Waals surface area contributed by atoms with Gasteiger partial charge in [0, 0.05) is 15.4 Å². The molecule has 2 N–H and O–H groups in total. The molecule has 0 aliphatic rings. The Balaban J connectivity index is 1.91. The van der Waals surface area contributed by atoms with Gasteiger partial charge in [0.2, 0.25) is 5.82 Å². The van der Waals surface area contributed by atoms with Crippen LogP contribution < -0.4 is 5.73 Å². The zero-order valence-electron chi connectivity index (χ0n) is 10.6. The minimum Gasteiger partial charge on any atom is -0.332 e. The second-order valence-electron chi connectivity index (χ2n) is 4.29. The van der Waals surface area contributed by atoms with E-state index in [-0.39, 0.29) is 6.04 Å². The van der Waals surface area contributed by atoms with E-state index < -0.39 is 0 Å². The molecule has 3 aromatic rings. The lowest BCUT2D eigenvalue weighted by atomic mass is 10.2. The molecule has 0 radical (unpaired) electrons. The summed E-state index contributed by atoms with van der Waals surface area (Å²) in [6.45, 7) is 1.89. The molecule has 0 fully saturated rings. The molecule has 1 unspecified atom stereocenters. The Bertz CT molecular complexity index is 720. The highest BCUT2D eigenvalue weighted by atomic mass is 79.9. The summed E-state index contributed by atoms with van der Waals surface area (Å²) >= 11 is 4.88. The van der Waals surface area contributed by atoms with Crippen molar-refractivity contribution >= 4 is 27.3 Å². The standard InChI is InChI=1S/C13H11BrN4OS/c1-7(15)13-16-10(6-20-13)12-17-11(18-19-12)8-2-4-9(14)5-3-8/h2-7H,15H2,1H3. The summed E-state index contributed by atoms with van der Waals surface area (Å²) in [7, 11) is 0. The highest BCUT2D eigenvalue weighted by molar-refractivity contribution is 9.10. The summed E-state index contributed by atoms with van der Waals surface area (Å²) in [6.07, 6.45) is 0. The Labute approximate surface area is 128 Å². The van der Waals surface area contributed by atoms with Gasteiger partial charge in [-0.25, -0.2) is 4.98 Å². The van der Waals surface area contributed by atoms with Crippen LogP contribution in [0.1, 0.15) is 18.0 Å². The number of thiazole rings is 1. The Morgan fingerprint density at radius 3 is 2.65 bits per heavy atom. The zero-order valence-corrected chi connectivity index (χ0v) is 13.0. The lowest BCUT2D eigenvalue weighted by Crippen LogP contribution is -2.03. The van der Waals surface area contributed by atoms with Gasteiger partial charge in [-0.1, -0.05) is 21.1 Å². The van der Waals surface area contributed by atoms with Crippen LogP contribution in [0.3, 0.4) is 0 Å². The quantitative estimate of drug-likeness (QED) is 0.779. The maximum absolute atomic E-state index is 5.79. The summed E-state index contributed by atoms with van der Waals surface area (Å²) in [4.78, 5) is 8.75. The lowest BCUT2D eigenvalue weighted by molar-refractivity contribution is 0.431. The molecule has 0 aliphatic heterocycles. The van der Waals surface area contributed by atoms with E-state index in [9.17, 15) is 0 Å². The predicted molar refractivity (Wildman–Crippen MR) is 81.1 cm³/mol. The molecule has 0 saturated carbocycles. The van der Waals surface area contributed by atoms with Crippen LogP contribution in [0.5, 0.6) is 0 Å². The molecular formula is C13H11BrN4OS. The Morgan fingerprint density at radius 1 is 1.25 bits per heavy atom. The topological polar surface area (TPSA) is 77.8 Å². The smallest absolute Gasteiger partial charge is 0.277 e. The minimum atomic E-state index is -0.0948. The third kappa shape index (κ3) is 2.65. The minimum absolute atomic E-state index is 0.0948. The highest BCUT2D eigenvalue weighted by Gasteiger charge is 2.14. The number of halogens is 1. The second-order valence-corrected chi connectivity index (χ2v) is 6.10. The third-order valence-corrected chi connectivity index (χ3v) is 4.23. The van der Waals surface area contributed by atoms with Crippen molar-refractivity contribution in [1.82, 2.24) is 15.1 Å². The molecule has 0 bridgehead atoms. The van der Waals surface area contributed by atoms with Crippen molar-refractivity contribution in [3.05, 3.63) is 39.1 Å². The summed E-state index contributed by atoms with van der Waals surface area (Å²) in [5.41, 5.74) is 7.35. The molecule has 3 rings (SSSR count). The van der Waals surface area contributed by atoms with Crippen molar-refractivity contribution in [2.24, 2.45) is 5.73 Å². The number of benzene rings is 1. The molecule has 5 nitrogen and oxygen atoms in total. The van der Waals surface area contributed by atoms with Crippen molar-refractivity contribution < 1.29 is 4.52 Å². The first-order valence-electron chi connectivity index (χ1n) is 5.94. The highest BCUT2D eigenvalue weighted by Crippen LogP contribution is 2.26. The number of hydrogen-bond acceptors (Lipinski definition) is 6. The molecule has 20 heavy (non-hydrogen) atoms. The molecule has 102 valence electrons. The van der Waals surface area contributed by atoms with Crippen LogP contribution in [0.4, 0.5) is 0 Å². The van der Waals surface area contributed by atoms with Crippen molar-refractivity contribution in [2.75, 3.05) is 0 Å². The predicted octanol–water partition coefficient (Wildman–Crippen LogP) is 3.64. The van der Waals surface area contributed by atoms with Crippen molar-refractivity contribution in [3.63, 3.8) is 0 Å². The lowest BCUT2D eigenvalue weighted by Gasteiger charge is -1.95. The van der Waals surface area contributed by atoms with Gasteiger partial charge in [-0.3, -0.25) is 0 Å². The second kappa shape index (κ2) is 5.43. The molecule has 1 aromatic carbocycles. The van der Waals surface area contributed by atoms with E-state index in [1.54, 1.807) is 0 Å². The van der Waals surface area contributed by atoms with Gasteiger partial charge in [0.1, 0.15) is 10.7 Å².